The first-order chi connectivity index (χ1) is 14.8. The van der Waals surface area contributed by atoms with E-state index in [0.29, 0.717) is 18.0 Å². The van der Waals surface area contributed by atoms with Gasteiger partial charge >= 0.3 is 0 Å². The minimum absolute atomic E-state index is 0.240. The molecule has 2 aromatic heterocycles. The van der Waals surface area contributed by atoms with E-state index in [4.69, 9.17) is 23.9 Å². The number of fused-ring (bicyclic) bond motifs is 6. The Bertz CT molecular complexity index is 1300. The molecular formula is C23H19N3O4. The molecule has 0 radical (unpaired) electrons. The van der Waals surface area contributed by atoms with Crippen LogP contribution in [-0.2, 0) is 13.0 Å². The van der Waals surface area contributed by atoms with E-state index in [0.717, 1.165) is 45.5 Å². The SMILES string of the molecule is COc1cc2cnc3c(c2cc1OC)Cc1c-3cc2c(c1Cn1ccnc1)OCO2. The molecule has 30 heavy (non-hydrogen) atoms. The van der Waals surface area contributed by atoms with Crippen molar-refractivity contribution >= 4 is 10.8 Å². The monoisotopic (exact) mass is 401 g/mol. The summed E-state index contributed by atoms with van der Waals surface area (Å²) in [6, 6.07) is 6.07. The number of hydrogen-bond donors (Lipinski definition) is 0. The molecule has 150 valence electrons. The van der Waals surface area contributed by atoms with Crippen molar-refractivity contribution in [2.75, 3.05) is 21.0 Å². The van der Waals surface area contributed by atoms with Crippen LogP contribution in [0.1, 0.15) is 16.7 Å². The third-order valence-corrected chi connectivity index (χ3v) is 5.89. The van der Waals surface area contributed by atoms with E-state index in [9.17, 15) is 0 Å². The maximum Gasteiger partial charge on any atom is 0.231 e. The number of methoxy groups -OCH3 is 2. The Morgan fingerprint density at radius 1 is 1.07 bits per heavy atom. The molecule has 0 bridgehead atoms. The van der Waals surface area contributed by atoms with E-state index in [2.05, 4.69) is 11.1 Å². The highest BCUT2D eigenvalue weighted by molar-refractivity contribution is 5.95. The van der Waals surface area contributed by atoms with E-state index in [-0.39, 0.29) is 6.79 Å². The maximum atomic E-state index is 5.84. The van der Waals surface area contributed by atoms with Crippen molar-refractivity contribution in [3.8, 4) is 34.3 Å². The Morgan fingerprint density at radius 3 is 2.73 bits per heavy atom. The van der Waals surface area contributed by atoms with Gasteiger partial charge in [-0.15, -0.1) is 0 Å². The zero-order chi connectivity index (χ0) is 20.2. The van der Waals surface area contributed by atoms with E-state index >= 15 is 0 Å². The van der Waals surface area contributed by atoms with Crippen LogP contribution in [0.15, 0.2) is 43.1 Å². The second-order valence-corrected chi connectivity index (χ2v) is 7.41. The highest BCUT2D eigenvalue weighted by Gasteiger charge is 2.31. The molecule has 0 amide bonds. The average Bonchev–Trinajstić information content (AvgIpc) is 3.52. The number of rotatable bonds is 4. The van der Waals surface area contributed by atoms with E-state index in [1.165, 1.54) is 11.1 Å². The van der Waals surface area contributed by atoms with Crippen molar-refractivity contribution in [3.63, 3.8) is 0 Å². The molecule has 6 rings (SSSR count). The average molecular weight is 401 g/mol. The zero-order valence-corrected chi connectivity index (χ0v) is 16.6. The molecule has 3 heterocycles. The van der Waals surface area contributed by atoms with Crippen LogP contribution in [0.2, 0.25) is 0 Å². The van der Waals surface area contributed by atoms with Crippen molar-refractivity contribution in [2.45, 2.75) is 13.0 Å². The van der Waals surface area contributed by atoms with Crippen molar-refractivity contribution in [1.29, 1.82) is 0 Å². The Labute approximate surface area is 172 Å². The molecule has 0 fully saturated rings. The number of pyridine rings is 1. The number of imidazole rings is 1. The number of aromatic nitrogens is 3. The molecule has 0 spiro atoms. The first-order valence-electron chi connectivity index (χ1n) is 9.71. The molecule has 2 aliphatic rings. The van der Waals surface area contributed by atoms with Gasteiger partial charge in [-0.3, -0.25) is 4.98 Å². The number of hydrogen-bond acceptors (Lipinski definition) is 6. The van der Waals surface area contributed by atoms with Crippen LogP contribution in [0.25, 0.3) is 22.0 Å². The van der Waals surface area contributed by atoms with Crippen LogP contribution in [0.5, 0.6) is 23.0 Å². The van der Waals surface area contributed by atoms with Gasteiger partial charge in [0.25, 0.3) is 0 Å². The minimum Gasteiger partial charge on any atom is -0.493 e. The summed E-state index contributed by atoms with van der Waals surface area (Å²) in [6.45, 7) is 0.905. The van der Waals surface area contributed by atoms with Gasteiger partial charge in [0.1, 0.15) is 0 Å². The fourth-order valence-electron chi connectivity index (χ4n) is 4.48. The Morgan fingerprint density at radius 2 is 1.93 bits per heavy atom. The summed E-state index contributed by atoms with van der Waals surface area (Å²) in [5.74, 6) is 3.00. The normalized spacial score (nSPS) is 13.4. The van der Waals surface area contributed by atoms with Gasteiger partial charge in [0.2, 0.25) is 6.79 Å². The second-order valence-electron chi connectivity index (χ2n) is 7.41. The van der Waals surface area contributed by atoms with Crippen LogP contribution in [0.4, 0.5) is 0 Å². The lowest BCUT2D eigenvalue weighted by molar-refractivity contribution is 0.173. The molecule has 0 saturated carbocycles. The molecule has 2 aromatic carbocycles. The molecule has 1 aliphatic heterocycles. The quantitative estimate of drug-likeness (QED) is 0.456. The van der Waals surface area contributed by atoms with Crippen LogP contribution in [0, 0.1) is 0 Å². The van der Waals surface area contributed by atoms with E-state index < -0.39 is 0 Å². The fourth-order valence-corrected chi connectivity index (χ4v) is 4.48. The minimum atomic E-state index is 0.240. The molecule has 7 heteroatoms. The summed E-state index contributed by atoms with van der Waals surface area (Å²) in [5.41, 5.74) is 5.59. The molecule has 1 aliphatic carbocycles. The first-order valence-corrected chi connectivity index (χ1v) is 9.71. The predicted molar refractivity (Wildman–Crippen MR) is 111 cm³/mol. The van der Waals surface area contributed by atoms with Crippen molar-refractivity contribution < 1.29 is 18.9 Å². The molecule has 0 atom stereocenters. The summed E-state index contributed by atoms with van der Waals surface area (Å²) in [6.07, 6.45) is 8.21. The lowest BCUT2D eigenvalue weighted by Crippen LogP contribution is -2.03. The van der Waals surface area contributed by atoms with Gasteiger partial charge in [-0.25, -0.2) is 4.98 Å². The lowest BCUT2D eigenvalue weighted by Gasteiger charge is -2.12. The largest absolute Gasteiger partial charge is 0.493 e. The summed E-state index contributed by atoms with van der Waals surface area (Å²) in [5, 5.41) is 2.14. The molecule has 0 unspecified atom stereocenters. The summed E-state index contributed by atoms with van der Waals surface area (Å²) in [4.78, 5) is 8.99. The van der Waals surface area contributed by atoms with Crippen molar-refractivity contribution in [3.05, 3.63) is 59.8 Å². The fraction of sp³-hybridized carbons (Fsp3) is 0.217. The molecular weight excluding hydrogens is 382 g/mol. The summed E-state index contributed by atoms with van der Waals surface area (Å²) in [7, 11) is 3.30. The summed E-state index contributed by atoms with van der Waals surface area (Å²) < 4.78 is 24.6. The van der Waals surface area contributed by atoms with E-state index in [1.807, 2.05) is 35.4 Å². The topological polar surface area (TPSA) is 67.6 Å². The predicted octanol–water partition coefficient (Wildman–Crippen LogP) is 3.80. The van der Waals surface area contributed by atoms with Crippen LogP contribution >= 0.6 is 0 Å². The molecule has 0 saturated heterocycles. The maximum absolute atomic E-state index is 5.84. The van der Waals surface area contributed by atoms with Gasteiger partial charge in [0.15, 0.2) is 23.0 Å². The first kappa shape index (κ1) is 17.1. The third-order valence-electron chi connectivity index (χ3n) is 5.89. The Hall–Kier alpha value is -3.74. The van der Waals surface area contributed by atoms with Gasteiger partial charge in [-0.2, -0.15) is 0 Å². The van der Waals surface area contributed by atoms with Crippen molar-refractivity contribution in [1.82, 2.24) is 14.5 Å². The molecule has 0 N–H and O–H groups in total. The highest BCUT2D eigenvalue weighted by Crippen LogP contribution is 2.49. The molecule has 7 nitrogen and oxygen atoms in total. The van der Waals surface area contributed by atoms with Crippen LogP contribution in [0.3, 0.4) is 0 Å². The van der Waals surface area contributed by atoms with Gasteiger partial charge in [-0.1, -0.05) is 0 Å². The number of ether oxygens (including phenoxy) is 4. The van der Waals surface area contributed by atoms with E-state index in [1.54, 1.807) is 20.4 Å². The third kappa shape index (κ3) is 2.38. The van der Waals surface area contributed by atoms with Gasteiger partial charge in [0.05, 0.1) is 32.8 Å². The highest BCUT2D eigenvalue weighted by atomic mass is 16.7. The second kappa shape index (κ2) is 6.38. The Kier molecular flexibility index (Phi) is 3.65. The van der Waals surface area contributed by atoms with Crippen molar-refractivity contribution in [2.24, 2.45) is 0 Å². The van der Waals surface area contributed by atoms with Crippen LogP contribution < -0.4 is 18.9 Å². The molecule has 4 aromatic rings. The zero-order valence-electron chi connectivity index (χ0n) is 16.6. The number of benzene rings is 2. The van der Waals surface area contributed by atoms with Gasteiger partial charge < -0.3 is 23.5 Å². The summed E-state index contributed by atoms with van der Waals surface area (Å²) >= 11 is 0. The van der Waals surface area contributed by atoms with Crippen LogP contribution in [-0.4, -0.2) is 35.5 Å². The standard InChI is InChI=1S/C23H19N3O4/c1-27-19-5-13-9-25-22-16(14(13)7-20(19)28-2)6-15-17(22)8-21-23(30-12-29-21)18(15)10-26-4-3-24-11-26/h3-5,7-9,11H,6,10,12H2,1-2H3. The van der Waals surface area contributed by atoms with Gasteiger partial charge in [0, 0.05) is 41.5 Å². The lowest BCUT2D eigenvalue weighted by atomic mass is 10.00. The number of nitrogens with zero attached hydrogens (tertiary/aromatic N) is 3. The Balaban J connectivity index is 1.56. The smallest absolute Gasteiger partial charge is 0.231 e. The van der Waals surface area contributed by atoms with Gasteiger partial charge in [-0.05, 0) is 34.7 Å².